The number of halogens is 2. The SMILES string of the molecule is CC1C=C(n2c3ccccc3c3ccccc32)C(F)=C(c2cc(O)c(-c3cccc(-n4c5ccccc5c5ccccc54)c3F)cc2O)C1C. The van der Waals surface area contributed by atoms with Crippen molar-refractivity contribution < 1.29 is 19.0 Å². The van der Waals surface area contributed by atoms with Crippen LogP contribution in [0.5, 0.6) is 11.5 Å². The predicted octanol–water partition coefficient (Wildman–Crippen LogP) is 11.6. The zero-order chi connectivity index (χ0) is 34.3. The van der Waals surface area contributed by atoms with Crippen LogP contribution in [0.4, 0.5) is 8.78 Å². The number of aromatic hydroxyl groups is 2. The summed E-state index contributed by atoms with van der Waals surface area (Å²) in [4.78, 5) is 0. The molecule has 2 atom stereocenters. The maximum absolute atomic E-state index is 17.0. The first-order valence-corrected chi connectivity index (χ1v) is 16.8. The van der Waals surface area contributed by atoms with Crippen molar-refractivity contribution in [2.45, 2.75) is 13.8 Å². The third-order valence-corrected chi connectivity index (χ3v) is 10.4. The van der Waals surface area contributed by atoms with E-state index >= 15 is 8.78 Å². The largest absolute Gasteiger partial charge is 0.507 e. The van der Waals surface area contributed by atoms with E-state index in [0.717, 1.165) is 43.6 Å². The van der Waals surface area contributed by atoms with E-state index in [-0.39, 0.29) is 45.6 Å². The Morgan fingerprint density at radius 3 is 1.52 bits per heavy atom. The number of fused-ring (bicyclic) bond motifs is 6. The van der Waals surface area contributed by atoms with Crippen LogP contribution in [0.2, 0.25) is 0 Å². The molecule has 0 bridgehead atoms. The molecule has 6 aromatic carbocycles. The molecule has 2 heterocycles. The van der Waals surface area contributed by atoms with Gasteiger partial charge in [-0.25, -0.2) is 8.78 Å². The van der Waals surface area contributed by atoms with Gasteiger partial charge in [0.2, 0.25) is 0 Å². The molecule has 0 radical (unpaired) electrons. The fraction of sp³-hybridized carbons (Fsp3) is 0.0909. The van der Waals surface area contributed by atoms with Crippen molar-refractivity contribution in [1.29, 1.82) is 0 Å². The molecule has 0 fully saturated rings. The van der Waals surface area contributed by atoms with Crippen molar-refractivity contribution in [3.63, 3.8) is 0 Å². The summed E-state index contributed by atoms with van der Waals surface area (Å²) in [5, 5.41) is 27.1. The number of hydrogen-bond acceptors (Lipinski definition) is 2. The molecule has 2 aromatic heterocycles. The first-order chi connectivity index (χ1) is 24.3. The third kappa shape index (κ3) is 4.27. The molecule has 9 rings (SSSR count). The quantitative estimate of drug-likeness (QED) is 0.185. The second-order valence-electron chi connectivity index (χ2n) is 13.2. The molecule has 1 aliphatic carbocycles. The first kappa shape index (κ1) is 30.0. The summed E-state index contributed by atoms with van der Waals surface area (Å²) in [7, 11) is 0. The van der Waals surface area contributed by atoms with E-state index in [0.29, 0.717) is 11.4 Å². The van der Waals surface area contributed by atoms with Gasteiger partial charge in [-0.2, -0.15) is 0 Å². The van der Waals surface area contributed by atoms with Gasteiger partial charge < -0.3 is 19.3 Å². The van der Waals surface area contributed by atoms with Crippen LogP contribution in [0.3, 0.4) is 0 Å². The third-order valence-electron chi connectivity index (χ3n) is 10.4. The van der Waals surface area contributed by atoms with Crippen LogP contribution in [0.1, 0.15) is 19.4 Å². The summed E-state index contributed by atoms with van der Waals surface area (Å²) in [6, 6.07) is 39.3. The minimum absolute atomic E-state index is 0.0963. The molecule has 244 valence electrons. The fourth-order valence-corrected chi connectivity index (χ4v) is 7.88. The molecule has 0 aliphatic heterocycles. The Morgan fingerprint density at radius 2 is 0.980 bits per heavy atom. The normalized spacial score (nSPS) is 16.6. The van der Waals surface area contributed by atoms with E-state index < -0.39 is 11.6 Å². The van der Waals surface area contributed by atoms with Gasteiger partial charge >= 0.3 is 0 Å². The van der Waals surface area contributed by atoms with Crippen molar-refractivity contribution in [2.75, 3.05) is 0 Å². The minimum atomic E-state index is -0.553. The van der Waals surface area contributed by atoms with Gasteiger partial charge in [0.15, 0.2) is 11.6 Å². The zero-order valence-corrected chi connectivity index (χ0v) is 27.4. The number of para-hydroxylation sites is 4. The zero-order valence-electron chi connectivity index (χ0n) is 27.4. The summed E-state index contributed by atoms with van der Waals surface area (Å²) in [5.41, 5.74) is 4.84. The highest BCUT2D eigenvalue weighted by atomic mass is 19.1. The van der Waals surface area contributed by atoms with Crippen molar-refractivity contribution >= 4 is 54.9 Å². The average molecular weight is 659 g/mol. The second kappa shape index (κ2) is 11.2. The van der Waals surface area contributed by atoms with Gasteiger partial charge in [-0.3, -0.25) is 0 Å². The monoisotopic (exact) mass is 658 g/mol. The van der Waals surface area contributed by atoms with Gasteiger partial charge in [0.25, 0.3) is 0 Å². The lowest BCUT2D eigenvalue weighted by Gasteiger charge is -2.29. The van der Waals surface area contributed by atoms with E-state index in [9.17, 15) is 10.2 Å². The molecular formula is C44H32F2N2O2. The van der Waals surface area contributed by atoms with Crippen LogP contribution in [0.15, 0.2) is 139 Å². The van der Waals surface area contributed by atoms with Crippen LogP contribution in [-0.2, 0) is 0 Å². The lowest BCUT2D eigenvalue weighted by Crippen LogP contribution is -2.17. The highest BCUT2D eigenvalue weighted by Crippen LogP contribution is 2.49. The molecule has 2 N–H and O–H groups in total. The molecule has 0 saturated heterocycles. The Balaban J connectivity index is 1.20. The van der Waals surface area contributed by atoms with E-state index in [1.807, 2.05) is 126 Å². The Hall–Kier alpha value is -6.14. The van der Waals surface area contributed by atoms with Gasteiger partial charge in [-0.05, 0) is 54.3 Å². The van der Waals surface area contributed by atoms with Crippen molar-refractivity contribution in [3.8, 4) is 28.3 Å². The number of phenols is 2. The van der Waals surface area contributed by atoms with E-state index in [1.165, 1.54) is 12.1 Å². The first-order valence-electron chi connectivity index (χ1n) is 16.8. The summed E-state index contributed by atoms with van der Waals surface area (Å²) in [5.74, 6) is -1.96. The molecule has 8 aromatic rings. The maximum atomic E-state index is 17.0. The van der Waals surface area contributed by atoms with Crippen molar-refractivity contribution in [1.82, 2.24) is 9.13 Å². The lowest BCUT2D eigenvalue weighted by atomic mass is 9.79. The molecule has 0 amide bonds. The Kier molecular flexibility index (Phi) is 6.71. The van der Waals surface area contributed by atoms with Gasteiger partial charge in [-0.1, -0.05) is 105 Å². The number of allylic oxidation sites excluding steroid dienone is 4. The fourth-order valence-electron chi connectivity index (χ4n) is 7.88. The number of aromatic nitrogens is 2. The highest BCUT2D eigenvalue weighted by molar-refractivity contribution is 6.11. The van der Waals surface area contributed by atoms with E-state index in [2.05, 4.69) is 0 Å². The second-order valence-corrected chi connectivity index (χ2v) is 13.2. The molecule has 4 nitrogen and oxygen atoms in total. The van der Waals surface area contributed by atoms with Gasteiger partial charge in [0.1, 0.15) is 11.5 Å². The number of rotatable bonds is 4. The standard InChI is InChI=1S/C44H32F2N2O2/c1-25-22-39(48-36-19-9-5-14-29(36)30-15-6-10-20-37(30)48)44(46)42(26(25)2)33-24-40(49)32(23-41(33)50)31-16-11-21-38(43(31)45)47-34-17-7-3-12-27(34)28-13-4-8-18-35(28)47/h3-26,49-50H,1-2H3. The smallest absolute Gasteiger partial charge is 0.155 e. The van der Waals surface area contributed by atoms with Crippen molar-refractivity contribution in [3.05, 3.63) is 151 Å². The molecule has 0 spiro atoms. The summed E-state index contributed by atoms with van der Waals surface area (Å²) in [6.07, 6.45) is 1.93. The molecule has 6 heteroatoms. The maximum Gasteiger partial charge on any atom is 0.155 e. The van der Waals surface area contributed by atoms with E-state index in [1.54, 1.807) is 18.2 Å². The summed E-state index contributed by atoms with van der Waals surface area (Å²) in [6.45, 7) is 3.93. The van der Waals surface area contributed by atoms with Crippen LogP contribution in [-0.4, -0.2) is 19.3 Å². The Bertz CT molecular complexity index is 2640. The van der Waals surface area contributed by atoms with Crippen LogP contribution < -0.4 is 0 Å². The average Bonchev–Trinajstić information content (AvgIpc) is 3.65. The number of phenolic OH excluding ortho intramolecular Hbond substituents is 2. The van der Waals surface area contributed by atoms with Crippen LogP contribution in [0.25, 0.3) is 71.7 Å². The van der Waals surface area contributed by atoms with Crippen LogP contribution >= 0.6 is 0 Å². The summed E-state index contributed by atoms with van der Waals surface area (Å²) < 4.78 is 37.5. The highest BCUT2D eigenvalue weighted by Gasteiger charge is 2.32. The number of benzene rings is 6. The molecule has 2 unspecified atom stereocenters. The van der Waals surface area contributed by atoms with E-state index in [4.69, 9.17) is 0 Å². The van der Waals surface area contributed by atoms with Crippen LogP contribution in [0, 0.1) is 17.7 Å². The summed E-state index contributed by atoms with van der Waals surface area (Å²) >= 11 is 0. The van der Waals surface area contributed by atoms with Gasteiger partial charge in [0.05, 0.1) is 33.5 Å². The number of hydrogen-bond donors (Lipinski definition) is 2. The molecule has 1 aliphatic rings. The lowest BCUT2D eigenvalue weighted by molar-refractivity contribution is 0.456. The van der Waals surface area contributed by atoms with Gasteiger partial charge in [0, 0.05) is 43.8 Å². The Morgan fingerprint density at radius 1 is 0.520 bits per heavy atom. The molecule has 0 saturated carbocycles. The number of nitrogens with zero attached hydrogens (tertiary/aromatic N) is 2. The molecule has 50 heavy (non-hydrogen) atoms. The predicted molar refractivity (Wildman–Crippen MR) is 200 cm³/mol. The Labute approximate surface area is 287 Å². The topological polar surface area (TPSA) is 50.3 Å². The van der Waals surface area contributed by atoms with Crippen molar-refractivity contribution in [2.24, 2.45) is 11.8 Å². The minimum Gasteiger partial charge on any atom is -0.507 e. The van der Waals surface area contributed by atoms with Gasteiger partial charge in [-0.15, -0.1) is 0 Å². The molecular weight excluding hydrogens is 626 g/mol.